The van der Waals surface area contributed by atoms with Crippen molar-refractivity contribution in [2.24, 2.45) is 5.73 Å². The summed E-state index contributed by atoms with van der Waals surface area (Å²) in [4.78, 5) is 3.72. The normalized spacial score (nSPS) is 14.0. The lowest BCUT2D eigenvalue weighted by atomic mass is 9.98. The van der Waals surface area contributed by atoms with Gasteiger partial charge in [-0.1, -0.05) is 0 Å². The molecule has 0 fully saturated rings. The Hall–Kier alpha value is -1.27. The van der Waals surface area contributed by atoms with Gasteiger partial charge in [0.05, 0.1) is 6.61 Å². The van der Waals surface area contributed by atoms with Crippen molar-refractivity contribution < 1.29 is 9.84 Å². The van der Waals surface area contributed by atoms with Crippen LogP contribution in [0.25, 0.3) is 6.08 Å². The second-order valence-electron chi connectivity index (χ2n) is 6.01. The van der Waals surface area contributed by atoms with Gasteiger partial charge in [-0.15, -0.1) is 23.1 Å². The molecule has 0 aliphatic rings. The molecule has 0 saturated carbocycles. The van der Waals surface area contributed by atoms with Crippen molar-refractivity contribution >= 4 is 29.2 Å². The number of aryl methyl sites for hydroxylation is 1. The van der Waals surface area contributed by atoms with Gasteiger partial charge in [-0.25, -0.2) is 0 Å². The minimum atomic E-state index is -0.500. The zero-order valence-corrected chi connectivity index (χ0v) is 15.8. The van der Waals surface area contributed by atoms with Gasteiger partial charge in [0.25, 0.3) is 0 Å². The van der Waals surface area contributed by atoms with Gasteiger partial charge >= 0.3 is 0 Å². The lowest BCUT2D eigenvalue weighted by Crippen LogP contribution is -2.40. The van der Waals surface area contributed by atoms with Gasteiger partial charge in [0, 0.05) is 20.2 Å². The van der Waals surface area contributed by atoms with E-state index in [2.05, 4.69) is 36.6 Å². The number of thioether (sulfide) groups is 1. The maximum absolute atomic E-state index is 9.20. The molecule has 1 unspecified atom stereocenters. The third-order valence-electron chi connectivity index (χ3n) is 3.67. The summed E-state index contributed by atoms with van der Waals surface area (Å²) >= 11 is 3.48. The average molecular weight is 364 g/mol. The summed E-state index contributed by atoms with van der Waals surface area (Å²) in [6.07, 6.45) is 7.84. The molecule has 0 bridgehead atoms. The summed E-state index contributed by atoms with van der Waals surface area (Å²) < 4.78 is 5.71. The van der Waals surface area contributed by atoms with Crippen molar-refractivity contribution in [1.29, 1.82) is 0 Å². The van der Waals surface area contributed by atoms with Crippen LogP contribution < -0.4 is 10.5 Å². The van der Waals surface area contributed by atoms with E-state index in [-0.39, 0.29) is 6.61 Å². The van der Waals surface area contributed by atoms with Crippen LogP contribution in [0.5, 0.6) is 5.75 Å². The number of rotatable bonds is 9. The minimum absolute atomic E-state index is 0.0143. The zero-order valence-electron chi connectivity index (χ0n) is 14.2. The highest BCUT2D eigenvalue weighted by Crippen LogP contribution is 2.22. The van der Waals surface area contributed by atoms with Gasteiger partial charge in [-0.3, -0.25) is 0 Å². The van der Waals surface area contributed by atoms with Crippen molar-refractivity contribution in [3.63, 3.8) is 0 Å². The topological polar surface area (TPSA) is 55.5 Å². The standard InChI is InChI=1S/C19H25NO2S2/c1-19(20,14-21)12-11-18-10-9-17(24-18)4-3-13-22-15-5-7-16(23-2)8-6-15/h3-10,21H,11-14,20H2,1-2H3/b4-3+. The van der Waals surface area contributed by atoms with Crippen molar-refractivity contribution in [3.8, 4) is 5.75 Å². The Morgan fingerprint density at radius 3 is 2.67 bits per heavy atom. The Labute approximate surface area is 152 Å². The third kappa shape index (κ3) is 6.32. The van der Waals surface area contributed by atoms with Crippen molar-refractivity contribution in [2.75, 3.05) is 19.5 Å². The summed E-state index contributed by atoms with van der Waals surface area (Å²) in [5.41, 5.74) is 5.46. The summed E-state index contributed by atoms with van der Waals surface area (Å²) in [6.45, 7) is 2.45. The quantitative estimate of drug-likeness (QED) is 0.656. The molecule has 0 spiro atoms. The maximum atomic E-state index is 9.20. The molecule has 1 aromatic carbocycles. The Bertz CT molecular complexity index is 648. The number of benzene rings is 1. The molecule has 0 aliphatic heterocycles. The number of thiophene rings is 1. The third-order valence-corrected chi connectivity index (χ3v) is 5.53. The molecule has 3 N–H and O–H groups in total. The van der Waals surface area contributed by atoms with E-state index in [0.717, 1.165) is 18.6 Å². The van der Waals surface area contributed by atoms with Gasteiger partial charge in [0.2, 0.25) is 0 Å². The van der Waals surface area contributed by atoms with Gasteiger partial charge in [-0.05, 0) is 74.6 Å². The highest BCUT2D eigenvalue weighted by molar-refractivity contribution is 7.98. The molecule has 3 nitrogen and oxygen atoms in total. The number of aliphatic hydroxyl groups is 1. The second-order valence-corrected chi connectivity index (χ2v) is 8.08. The van der Waals surface area contributed by atoms with E-state index < -0.39 is 5.54 Å². The van der Waals surface area contributed by atoms with Crippen LogP contribution in [0.15, 0.2) is 47.4 Å². The summed E-state index contributed by atoms with van der Waals surface area (Å²) in [5.74, 6) is 0.885. The summed E-state index contributed by atoms with van der Waals surface area (Å²) in [6, 6.07) is 12.3. The van der Waals surface area contributed by atoms with E-state index in [1.54, 1.807) is 23.1 Å². The fourth-order valence-electron chi connectivity index (χ4n) is 2.09. The summed E-state index contributed by atoms with van der Waals surface area (Å²) in [5, 5.41) is 9.20. The molecule has 130 valence electrons. The van der Waals surface area contributed by atoms with E-state index >= 15 is 0 Å². The Morgan fingerprint density at radius 2 is 2.00 bits per heavy atom. The first-order valence-electron chi connectivity index (χ1n) is 7.94. The molecule has 1 atom stereocenters. The molecule has 2 aromatic rings. The SMILES string of the molecule is CSc1ccc(OC/C=C/c2ccc(CCC(C)(N)CO)s2)cc1. The molecular weight excluding hydrogens is 338 g/mol. The van der Waals surface area contributed by atoms with Crippen LogP contribution in [-0.2, 0) is 6.42 Å². The average Bonchev–Trinajstić information content (AvgIpc) is 3.05. The fraction of sp³-hybridized carbons (Fsp3) is 0.368. The van der Waals surface area contributed by atoms with E-state index in [4.69, 9.17) is 10.5 Å². The molecule has 1 heterocycles. The molecule has 0 amide bonds. The van der Waals surface area contributed by atoms with E-state index in [9.17, 15) is 5.11 Å². The highest BCUT2D eigenvalue weighted by atomic mass is 32.2. The first-order valence-corrected chi connectivity index (χ1v) is 9.98. The van der Waals surface area contributed by atoms with Crippen molar-refractivity contribution in [2.45, 2.75) is 30.2 Å². The minimum Gasteiger partial charge on any atom is -0.490 e. The predicted molar refractivity (Wildman–Crippen MR) is 105 cm³/mol. The van der Waals surface area contributed by atoms with Gasteiger partial charge in [0.1, 0.15) is 12.4 Å². The molecule has 2 rings (SSSR count). The van der Waals surface area contributed by atoms with Gasteiger partial charge in [-0.2, -0.15) is 0 Å². The lowest BCUT2D eigenvalue weighted by molar-refractivity contribution is 0.201. The van der Waals surface area contributed by atoms with Crippen LogP contribution >= 0.6 is 23.1 Å². The second kappa shape index (κ2) is 9.28. The van der Waals surface area contributed by atoms with Crippen LogP contribution in [0.4, 0.5) is 0 Å². The molecule has 5 heteroatoms. The lowest BCUT2D eigenvalue weighted by Gasteiger charge is -2.20. The number of aliphatic hydroxyl groups excluding tert-OH is 1. The van der Waals surface area contributed by atoms with Crippen LogP contribution in [0, 0.1) is 0 Å². The van der Waals surface area contributed by atoms with Crippen molar-refractivity contribution in [3.05, 3.63) is 52.2 Å². The molecule has 0 saturated heterocycles. The summed E-state index contributed by atoms with van der Waals surface area (Å²) in [7, 11) is 0. The van der Waals surface area contributed by atoms with E-state index in [1.165, 1.54) is 14.6 Å². The first kappa shape index (κ1) is 19.1. The Kier molecular flexibility index (Phi) is 7.37. The molecule has 1 aromatic heterocycles. The molecular formula is C19H25NO2S2. The first-order chi connectivity index (χ1) is 11.5. The van der Waals surface area contributed by atoms with Gasteiger partial charge < -0.3 is 15.6 Å². The fourth-order valence-corrected chi connectivity index (χ4v) is 3.44. The number of ether oxygens (including phenoxy) is 1. The maximum Gasteiger partial charge on any atom is 0.119 e. The number of nitrogens with two attached hydrogens (primary N) is 1. The molecule has 0 aliphatic carbocycles. The van der Waals surface area contributed by atoms with Crippen LogP contribution in [0.2, 0.25) is 0 Å². The Balaban J connectivity index is 1.78. The van der Waals surface area contributed by atoms with Crippen LogP contribution in [0.3, 0.4) is 0 Å². The smallest absolute Gasteiger partial charge is 0.119 e. The van der Waals surface area contributed by atoms with Crippen LogP contribution in [-0.4, -0.2) is 30.1 Å². The van der Waals surface area contributed by atoms with E-state index in [1.807, 2.05) is 25.1 Å². The monoisotopic (exact) mass is 363 g/mol. The highest BCUT2D eigenvalue weighted by Gasteiger charge is 2.16. The number of hydrogen-bond donors (Lipinski definition) is 2. The Morgan fingerprint density at radius 1 is 1.25 bits per heavy atom. The zero-order chi connectivity index (χ0) is 17.4. The largest absolute Gasteiger partial charge is 0.490 e. The van der Waals surface area contributed by atoms with E-state index in [0.29, 0.717) is 6.61 Å². The van der Waals surface area contributed by atoms with Crippen molar-refractivity contribution in [1.82, 2.24) is 0 Å². The number of hydrogen-bond acceptors (Lipinski definition) is 5. The predicted octanol–water partition coefficient (Wildman–Crippen LogP) is 4.20. The van der Waals surface area contributed by atoms with Gasteiger partial charge in [0.15, 0.2) is 0 Å². The molecule has 24 heavy (non-hydrogen) atoms. The molecule has 0 radical (unpaired) electrons. The van der Waals surface area contributed by atoms with Crippen LogP contribution in [0.1, 0.15) is 23.1 Å².